The average molecular weight is 250 g/mol. The fourth-order valence-electron chi connectivity index (χ4n) is 2.81. The monoisotopic (exact) mass is 250 g/mol. The Kier molecular flexibility index (Phi) is 4.07. The first-order valence-electron chi connectivity index (χ1n) is 6.73. The molecule has 1 aliphatic carbocycles. The normalized spacial score (nSPS) is 23.3. The van der Waals surface area contributed by atoms with E-state index in [1.807, 2.05) is 24.9 Å². The number of aryl methyl sites for hydroxylation is 1. The van der Waals surface area contributed by atoms with E-state index in [4.69, 9.17) is 10.2 Å². The van der Waals surface area contributed by atoms with Crippen LogP contribution in [0.25, 0.3) is 0 Å². The van der Waals surface area contributed by atoms with Crippen molar-refractivity contribution in [3.63, 3.8) is 0 Å². The molecule has 1 aliphatic rings. The van der Waals surface area contributed by atoms with E-state index in [9.17, 15) is 4.79 Å². The molecule has 18 heavy (non-hydrogen) atoms. The summed E-state index contributed by atoms with van der Waals surface area (Å²) in [5.74, 6) is 1.70. The van der Waals surface area contributed by atoms with Gasteiger partial charge in [-0.3, -0.25) is 4.79 Å². The highest BCUT2D eigenvalue weighted by Gasteiger charge is 2.32. The van der Waals surface area contributed by atoms with E-state index in [-0.39, 0.29) is 11.9 Å². The summed E-state index contributed by atoms with van der Waals surface area (Å²) in [5, 5.41) is 0. The molecule has 0 spiro atoms. The Hall–Kier alpha value is -1.29. The lowest BCUT2D eigenvalue weighted by atomic mass is 10.0. The van der Waals surface area contributed by atoms with Gasteiger partial charge in [0.05, 0.1) is 0 Å². The van der Waals surface area contributed by atoms with Gasteiger partial charge in [-0.25, -0.2) is 0 Å². The molecular weight excluding hydrogens is 228 g/mol. The summed E-state index contributed by atoms with van der Waals surface area (Å²) < 4.78 is 5.52. The minimum Gasteiger partial charge on any atom is -0.456 e. The van der Waals surface area contributed by atoms with Gasteiger partial charge in [-0.2, -0.15) is 0 Å². The van der Waals surface area contributed by atoms with Crippen LogP contribution in [0.3, 0.4) is 0 Å². The summed E-state index contributed by atoms with van der Waals surface area (Å²) in [6.07, 6.45) is 4.14. The van der Waals surface area contributed by atoms with E-state index in [1.165, 1.54) is 0 Å². The van der Waals surface area contributed by atoms with Crippen molar-refractivity contribution in [2.45, 2.75) is 38.6 Å². The fraction of sp³-hybridized carbons (Fsp3) is 0.643. The third-order valence-corrected chi connectivity index (χ3v) is 3.96. The van der Waals surface area contributed by atoms with Crippen molar-refractivity contribution in [1.29, 1.82) is 0 Å². The first kappa shape index (κ1) is 13.1. The van der Waals surface area contributed by atoms with Gasteiger partial charge in [0.15, 0.2) is 5.76 Å². The molecule has 0 saturated heterocycles. The van der Waals surface area contributed by atoms with Gasteiger partial charge in [0, 0.05) is 19.5 Å². The van der Waals surface area contributed by atoms with Gasteiger partial charge < -0.3 is 15.1 Å². The molecular formula is C14H22N2O2. The summed E-state index contributed by atoms with van der Waals surface area (Å²) in [6.45, 7) is 2.67. The van der Waals surface area contributed by atoms with Crippen LogP contribution in [0.4, 0.5) is 0 Å². The number of amides is 1. The van der Waals surface area contributed by atoms with Crippen LogP contribution in [0.15, 0.2) is 16.5 Å². The molecule has 1 heterocycles. The first-order valence-corrected chi connectivity index (χ1v) is 6.73. The number of carbonyl (C=O) groups is 1. The van der Waals surface area contributed by atoms with Gasteiger partial charge >= 0.3 is 0 Å². The molecule has 0 aliphatic heterocycles. The van der Waals surface area contributed by atoms with Crippen molar-refractivity contribution in [3.05, 3.63) is 23.7 Å². The average Bonchev–Trinajstić information content (AvgIpc) is 3.04. The Morgan fingerprint density at radius 3 is 2.89 bits per heavy atom. The lowest BCUT2D eigenvalue weighted by molar-refractivity contribution is 0.0666. The zero-order valence-electron chi connectivity index (χ0n) is 11.2. The summed E-state index contributed by atoms with van der Waals surface area (Å²) in [7, 11) is 1.86. The van der Waals surface area contributed by atoms with Crippen LogP contribution in [-0.2, 0) is 6.42 Å². The Bertz CT molecular complexity index is 414. The number of hydrogen-bond acceptors (Lipinski definition) is 3. The quantitative estimate of drug-likeness (QED) is 0.889. The zero-order chi connectivity index (χ0) is 13.1. The molecule has 1 fully saturated rings. The van der Waals surface area contributed by atoms with Gasteiger partial charge in [-0.15, -0.1) is 0 Å². The van der Waals surface area contributed by atoms with Gasteiger partial charge in [0.2, 0.25) is 0 Å². The molecule has 1 saturated carbocycles. The molecule has 1 aromatic heterocycles. The largest absolute Gasteiger partial charge is 0.456 e. The second kappa shape index (κ2) is 5.57. The van der Waals surface area contributed by atoms with Crippen molar-refractivity contribution < 1.29 is 9.21 Å². The maximum atomic E-state index is 12.3. The molecule has 100 valence electrons. The number of carbonyl (C=O) groups excluding carboxylic acids is 1. The second-order valence-corrected chi connectivity index (χ2v) is 5.03. The van der Waals surface area contributed by atoms with E-state index in [2.05, 4.69) is 0 Å². The predicted molar refractivity (Wildman–Crippen MR) is 70.4 cm³/mol. The van der Waals surface area contributed by atoms with Crippen molar-refractivity contribution in [2.75, 3.05) is 13.6 Å². The number of nitrogens with two attached hydrogens (primary N) is 1. The molecule has 1 amide bonds. The van der Waals surface area contributed by atoms with Crippen LogP contribution in [0.2, 0.25) is 0 Å². The van der Waals surface area contributed by atoms with Crippen LogP contribution in [0, 0.1) is 5.92 Å². The highest BCUT2D eigenvalue weighted by Crippen LogP contribution is 2.29. The van der Waals surface area contributed by atoms with Gasteiger partial charge in [0.25, 0.3) is 5.91 Å². The highest BCUT2D eigenvalue weighted by atomic mass is 16.4. The summed E-state index contributed by atoms with van der Waals surface area (Å²) in [6, 6.07) is 3.90. The van der Waals surface area contributed by atoms with Crippen LogP contribution in [-0.4, -0.2) is 30.4 Å². The van der Waals surface area contributed by atoms with Crippen LogP contribution in [0.1, 0.15) is 42.5 Å². The van der Waals surface area contributed by atoms with E-state index in [1.54, 1.807) is 6.07 Å². The Morgan fingerprint density at radius 1 is 1.50 bits per heavy atom. The Labute approximate surface area is 108 Å². The van der Waals surface area contributed by atoms with E-state index in [0.29, 0.717) is 18.2 Å². The van der Waals surface area contributed by atoms with Crippen molar-refractivity contribution in [1.82, 2.24) is 4.90 Å². The summed E-state index contributed by atoms with van der Waals surface area (Å²) >= 11 is 0. The SMILES string of the molecule is CCc1ccc(C(=O)N(C)C2CCCC2CN)o1. The van der Waals surface area contributed by atoms with Gasteiger partial charge in [-0.1, -0.05) is 13.3 Å². The van der Waals surface area contributed by atoms with E-state index >= 15 is 0 Å². The van der Waals surface area contributed by atoms with Crippen LogP contribution >= 0.6 is 0 Å². The van der Waals surface area contributed by atoms with Crippen LogP contribution < -0.4 is 5.73 Å². The molecule has 0 radical (unpaired) electrons. The summed E-state index contributed by atoms with van der Waals surface area (Å²) in [4.78, 5) is 14.1. The van der Waals surface area contributed by atoms with Crippen molar-refractivity contribution in [3.8, 4) is 0 Å². The van der Waals surface area contributed by atoms with Crippen molar-refractivity contribution in [2.24, 2.45) is 11.7 Å². The molecule has 4 nitrogen and oxygen atoms in total. The molecule has 2 N–H and O–H groups in total. The first-order chi connectivity index (χ1) is 8.67. The Balaban J connectivity index is 2.08. The van der Waals surface area contributed by atoms with Gasteiger partial charge in [0.1, 0.15) is 5.76 Å². The number of rotatable bonds is 4. The van der Waals surface area contributed by atoms with E-state index in [0.717, 1.165) is 31.4 Å². The standard InChI is InChI=1S/C14H22N2O2/c1-3-11-7-8-13(18-11)14(17)16(2)12-6-4-5-10(12)9-15/h7-8,10,12H,3-6,9,15H2,1-2H3. The maximum absolute atomic E-state index is 12.3. The second-order valence-electron chi connectivity index (χ2n) is 5.03. The number of nitrogens with zero attached hydrogens (tertiary/aromatic N) is 1. The minimum absolute atomic E-state index is 0.0277. The maximum Gasteiger partial charge on any atom is 0.289 e. The molecule has 2 rings (SSSR count). The molecule has 2 unspecified atom stereocenters. The van der Waals surface area contributed by atoms with Crippen LogP contribution in [0.5, 0.6) is 0 Å². The van der Waals surface area contributed by atoms with E-state index < -0.39 is 0 Å². The third-order valence-electron chi connectivity index (χ3n) is 3.96. The molecule has 0 bridgehead atoms. The summed E-state index contributed by atoms with van der Waals surface area (Å²) in [5.41, 5.74) is 5.77. The smallest absolute Gasteiger partial charge is 0.289 e. The molecule has 4 heteroatoms. The highest BCUT2D eigenvalue weighted by molar-refractivity contribution is 5.91. The third kappa shape index (κ3) is 2.43. The topological polar surface area (TPSA) is 59.5 Å². The van der Waals surface area contributed by atoms with Gasteiger partial charge in [-0.05, 0) is 37.4 Å². The molecule has 1 aromatic rings. The lowest BCUT2D eigenvalue weighted by Gasteiger charge is -2.28. The lowest BCUT2D eigenvalue weighted by Crippen LogP contribution is -2.41. The number of hydrogen-bond donors (Lipinski definition) is 1. The molecule has 0 aromatic carbocycles. The fourth-order valence-corrected chi connectivity index (χ4v) is 2.81. The molecule has 2 atom stereocenters. The number of furan rings is 1. The Morgan fingerprint density at radius 2 is 2.28 bits per heavy atom. The minimum atomic E-state index is -0.0277. The zero-order valence-corrected chi connectivity index (χ0v) is 11.2. The van der Waals surface area contributed by atoms with Crippen molar-refractivity contribution >= 4 is 5.91 Å². The predicted octanol–water partition coefficient (Wildman–Crippen LogP) is 2.04.